The van der Waals surface area contributed by atoms with Crippen molar-refractivity contribution in [2.45, 2.75) is 95.0 Å². The van der Waals surface area contributed by atoms with E-state index >= 15 is 0 Å². The molecule has 154 valence electrons. The van der Waals surface area contributed by atoms with E-state index in [1.165, 1.54) is 26.4 Å². The number of carbonyl (C=O) groups is 1. The van der Waals surface area contributed by atoms with E-state index in [9.17, 15) is 15.0 Å². The standard InChI is InChI=1S/C22H36O5/c1-26-22(25)10-6-5-9-16-13-18-17(20(24)14-21(18)27-16)11-12-19(23)15-7-3-2-4-8-15/h11-12,15-21,23-24H,2-10,13-14H2,1H3/b12-11+/t16?,17-,18-,19-,20-,21-/m1/s1. The van der Waals surface area contributed by atoms with Gasteiger partial charge in [0.1, 0.15) is 0 Å². The van der Waals surface area contributed by atoms with Gasteiger partial charge in [-0.25, -0.2) is 0 Å². The first-order valence-electron chi connectivity index (χ1n) is 10.8. The number of rotatable bonds is 8. The third-order valence-corrected chi connectivity index (χ3v) is 6.84. The summed E-state index contributed by atoms with van der Waals surface area (Å²) < 4.78 is 10.8. The highest BCUT2D eigenvalue weighted by Gasteiger charge is 2.47. The highest BCUT2D eigenvalue weighted by molar-refractivity contribution is 5.68. The lowest BCUT2D eigenvalue weighted by Crippen LogP contribution is -2.23. The summed E-state index contributed by atoms with van der Waals surface area (Å²) in [6.45, 7) is 0. The normalized spacial score (nSPS) is 35.4. The van der Waals surface area contributed by atoms with E-state index in [0.717, 1.165) is 38.5 Å². The minimum absolute atomic E-state index is 0.0910. The summed E-state index contributed by atoms with van der Waals surface area (Å²) in [5.41, 5.74) is 0. The van der Waals surface area contributed by atoms with E-state index in [4.69, 9.17) is 4.74 Å². The van der Waals surface area contributed by atoms with E-state index in [2.05, 4.69) is 10.8 Å². The summed E-state index contributed by atoms with van der Waals surface area (Å²) in [5, 5.41) is 20.9. The van der Waals surface area contributed by atoms with Crippen LogP contribution < -0.4 is 0 Å². The zero-order valence-corrected chi connectivity index (χ0v) is 16.6. The van der Waals surface area contributed by atoms with Gasteiger partial charge < -0.3 is 19.7 Å². The monoisotopic (exact) mass is 380 g/mol. The lowest BCUT2D eigenvalue weighted by atomic mass is 9.84. The second kappa shape index (κ2) is 10.0. The van der Waals surface area contributed by atoms with Crippen molar-refractivity contribution in [1.29, 1.82) is 0 Å². The molecule has 6 atom stereocenters. The van der Waals surface area contributed by atoms with Gasteiger partial charge in [-0.2, -0.15) is 0 Å². The smallest absolute Gasteiger partial charge is 0.305 e. The van der Waals surface area contributed by atoms with Gasteiger partial charge in [-0.3, -0.25) is 4.79 Å². The number of hydrogen-bond acceptors (Lipinski definition) is 5. The minimum atomic E-state index is -0.381. The molecular formula is C22H36O5. The second-order valence-corrected chi connectivity index (χ2v) is 8.67. The molecule has 1 saturated heterocycles. The molecule has 3 rings (SSSR count). The molecular weight excluding hydrogens is 344 g/mol. The van der Waals surface area contributed by atoms with Gasteiger partial charge in [0, 0.05) is 18.8 Å². The number of carbonyl (C=O) groups excluding carboxylic acids is 1. The predicted molar refractivity (Wildman–Crippen MR) is 103 cm³/mol. The maximum atomic E-state index is 11.2. The lowest BCUT2D eigenvalue weighted by Gasteiger charge is -2.25. The zero-order valence-electron chi connectivity index (χ0n) is 16.6. The van der Waals surface area contributed by atoms with Gasteiger partial charge in [0.25, 0.3) is 0 Å². The highest BCUT2D eigenvalue weighted by Crippen LogP contribution is 2.45. The fourth-order valence-corrected chi connectivity index (χ4v) is 5.25. The Labute approximate surface area is 163 Å². The molecule has 0 bridgehead atoms. The molecule has 2 N–H and O–H groups in total. The third kappa shape index (κ3) is 5.55. The molecule has 5 nitrogen and oxygen atoms in total. The van der Waals surface area contributed by atoms with E-state index in [-0.39, 0.29) is 36.3 Å². The molecule has 0 aromatic rings. The highest BCUT2D eigenvalue weighted by atomic mass is 16.5. The molecule has 1 aliphatic heterocycles. The van der Waals surface area contributed by atoms with E-state index in [1.807, 2.05) is 6.08 Å². The molecule has 1 heterocycles. The van der Waals surface area contributed by atoms with Crippen LogP contribution in [0.2, 0.25) is 0 Å². The summed E-state index contributed by atoms with van der Waals surface area (Å²) >= 11 is 0. The average molecular weight is 381 g/mol. The number of unbranched alkanes of at least 4 members (excludes halogenated alkanes) is 1. The molecule has 1 unspecified atom stereocenters. The second-order valence-electron chi connectivity index (χ2n) is 8.67. The van der Waals surface area contributed by atoms with Crippen molar-refractivity contribution in [2.75, 3.05) is 7.11 Å². The number of hydrogen-bond donors (Lipinski definition) is 2. The Kier molecular flexibility index (Phi) is 7.74. The summed E-state index contributed by atoms with van der Waals surface area (Å²) in [7, 11) is 1.42. The number of ether oxygens (including phenoxy) is 2. The van der Waals surface area contributed by atoms with Crippen molar-refractivity contribution in [3.63, 3.8) is 0 Å². The predicted octanol–water partition coefficient (Wildman–Crippen LogP) is 3.37. The Morgan fingerprint density at radius 2 is 2.00 bits per heavy atom. The Morgan fingerprint density at radius 3 is 2.74 bits per heavy atom. The summed E-state index contributed by atoms with van der Waals surface area (Å²) in [6.07, 6.45) is 14.5. The van der Waals surface area contributed by atoms with Crippen LogP contribution in [0.25, 0.3) is 0 Å². The molecule has 0 spiro atoms. The van der Waals surface area contributed by atoms with Crippen LogP contribution in [-0.4, -0.2) is 47.7 Å². The maximum absolute atomic E-state index is 11.2. The number of fused-ring (bicyclic) bond motifs is 1. The zero-order chi connectivity index (χ0) is 19.2. The number of aliphatic hydroxyl groups excluding tert-OH is 2. The molecule has 3 fully saturated rings. The van der Waals surface area contributed by atoms with Crippen LogP contribution in [0.15, 0.2) is 12.2 Å². The number of esters is 1. The van der Waals surface area contributed by atoms with Crippen molar-refractivity contribution >= 4 is 5.97 Å². The molecule has 0 aromatic heterocycles. The SMILES string of the molecule is COC(=O)CCCCC1C[C@@H]2[C@@H](/C=C/[C@@H](O)C3CCCCC3)[C@H](O)C[C@H]2O1. The van der Waals surface area contributed by atoms with Gasteiger partial charge in [0.15, 0.2) is 0 Å². The molecule has 27 heavy (non-hydrogen) atoms. The van der Waals surface area contributed by atoms with E-state index < -0.39 is 0 Å². The van der Waals surface area contributed by atoms with Crippen molar-refractivity contribution in [2.24, 2.45) is 17.8 Å². The first kappa shape index (κ1) is 20.8. The van der Waals surface area contributed by atoms with Crippen LogP contribution in [0, 0.1) is 17.8 Å². The van der Waals surface area contributed by atoms with Crippen LogP contribution >= 0.6 is 0 Å². The topological polar surface area (TPSA) is 76.0 Å². The van der Waals surface area contributed by atoms with Crippen molar-refractivity contribution < 1.29 is 24.5 Å². The molecule has 0 amide bonds. The maximum Gasteiger partial charge on any atom is 0.305 e. The largest absolute Gasteiger partial charge is 0.469 e. The minimum Gasteiger partial charge on any atom is -0.469 e. The van der Waals surface area contributed by atoms with E-state index in [1.54, 1.807) is 0 Å². The fraction of sp³-hybridized carbons (Fsp3) is 0.864. The van der Waals surface area contributed by atoms with Crippen molar-refractivity contribution in [1.82, 2.24) is 0 Å². The quantitative estimate of drug-likeness (QED) is 0.384. The first-order valence-corrected chi connectivity index (χ1v) is 10.8. The summed E-state index contributed by atoms with van der Waals surface area (Å²) in [6, 6.07) is 0. The van der Waals surface area contributed by atoms with Crippen LogP contribution in [0.5, 0.6) is 0 Å². The molecule has 3 aliphatic rings. The fourth-order valence-electron chi connectivity index (χ4n) is 5.25. The van der Waals surface area contributed by atoms with Gasteiger partial charge in [0.05, 0.1) is 31.5 Å². The Hall–Kier alpha value is -0.910. The van der Waals surface area contributed by atoms with Gasteiger partial charge in [-0.05, 0) is 43.9 Å². The van der Waals surface area contributed by atoms with E-state index in [0.29, 0.717) is 24.7 Å². The van der Waals surface area contributed by atoms with Crippen LogP contribution in [0.1, 0.15) is 70.6 Å². The molecule has 2 aliphatic carbocycles. The lowest BCUT2D eigenvalue weighted by molar-refractivity contribution is -0.140. The molecule has 0 radical (unpaired) electrons. The van der Waals surface area contributed by atoms with Crippen molar-refractivity contribution in [3.8, 4) is 0 Å². The summed E-state index contributed by atoms with van der Waals surface area (Å²) in [5.74, 6) is 0.671. The van der Waals surface area contributed by atoms with Crippen molar-refractivity contribution in [3.05, 3.63) is 12.2 Å². The first-order chi connectivity index (χ1) is 13.1. The van der Waals surface area contributed by atoms with Gasteiger partial charge in [0.2, 0.25) is 0 Å². The van der Waals surface area contributed by atoms with Gasteiger partial charge in [-0.1, -0.05) is 37.8 Å². The number of methoxy groups -OCH3 is 1. The Morgan fingerprint density at radius 1 is 1.22 bits per heavy atom. The van der Waals surface area contributed by atoms with Gasteiger partial charge in [-0.15, -0.1) is 0 Å². The Bertz CT molecular complexity index is 499. The van der Waals surface area contributed by atoms with Crippen LogP contribution in [0.3, 0.4) is 0 Å². The molecule has 0 aromatic carbocycles. The molecule has 2 saturated carbocycles. The average Bonchev–Trinajstić information content (AvgIpc) is 3.20. The third-order valence-electron chi connectivity index (χ3n) is 6.84. The number of aliphatic hydroxyl groups is 2. The summed E-state index contributed by atoms with van der Waals surface area (Å²) in [4.78, 5) is 11.2. The Balaban J connectivity index is 1.45. The van der Waals surface area contributed by atoms with Gasteiger partial charge >= 0.3 is 5.97 Å². The molecule has 5 heteroatoms. The van der Waals surface area contributed by atoms with Crippen LogP contribution in [0.4, 0.5) is 0 Å². The van der Waals surface area contributed by atoms with Crippen LogP contribution in [-0.2, 0) is 14.3 Å².